The van der Waals surface area contributed by atoms with Crippen molar-refractivity contribution in [2.75, 3.05) is 5.75 Å². The van der Waals surface area contributed by atoms with Gasteiger partial charge in [0.15, 0.2) is 0 Å². The van der Waals surface area contributed by atoms with E-state index in [9.17, 15) is 5.11 Å². The molecule has 0 fully saturated rings. The second-order valence-corrected chi connectivity index (χ2v) is 8.83. The van der Waals surface area contributed by atoms with Crippen molar-refractivity contribution in [2.24, 2.45) is 0 Å². The number of thioether (sulfide) groups is 1. The number of thiocarbonyl (C=S) groups is 1. The van der Waals surface area contributed by atoms with Gasteiger partial charge in [-0.2, -0.15) is 0 Å². The summed E-state index contributed by atoms with van der Waals surface area (Å²) >= 11 is 7.06. The molecule has 0 spiro atoms. The molecular formula is C20H28OS2. The van der Waals surface area contributed by atoms with E-state index in [1.165, 1.54) is 11.8 Å². The Balaban J connectivity index is 3.57. The van der Waals surface area contributed by atoms with Crippen LogP contribution in [0, 0.1) is 12.3 Å². The third-order valence-corrected chi connectivity index (χ3v) is 6.26. The van der Waals surface area contributed by atoms with Crippen molar-refractivity contribution in [3.8, 4) is 18.1 Å². The van der Waals surface area contributed by atoms with Crippen molar-refractivity contribution in [1.82, 2.24) is 0 Å². The molecule has 3 heteroatoms. The summed E-state index contributed by atoms with van der Waals surface area (Å²) in [7, 11) is 0. The largest absolute Gasteiger partial charge is 0.507 e. The molecule has 126 valence electrons. The molecule has 0 amide bonds. The Bertz CT molecular complexity index is 584. The fraction of sp³-hybridized carbons (Fsp3) is 0.550. The van der Waals surface area contributed by atoms with Crippen LogP contribution in [0.5, 0.6) is 5.75 Å². The maximum atomic E-state index is 10.9. The highest BCUT2D eigenvalue weighted by molar-refractivity contribution is 8.23. The lowest BCUT2D eigenvalue weighted by atomic mass is 9.75. The number of terminal acetylenes is 1. The number of rotatable bonds is 6. The van der Waals surface area contributed by atoms with Crippen molar-refractivity contribution in [3.05, 3.63) is 28.8 Å². The van der Waals surface area contributed by atoms with E-state index in [2.05, 4.69) is 47.5 Å². The standard InChI is InChI=1S/C20H28OS2/c1-8-11-23-18(22)14-12-15(19(4,5)9-2)17(21)16(13-14)20(6,7)10-3/h1,12-13,21H,9-11H2,2-7H3. The highest BCUT2D eigenvalue weighted by Crippen LogP contribution is 2.42. The summed E-state index contributed by atoms with van der Waals surface area (Å²) in [5.41, 5.74) is 2.72. The molecule has 0 atom stereocenters. The minimum absolute atomic E-state index is 0.106. The summed E-state index contributed by atoms with van der Waals surface area (Å²) in [5, 5.41) is 10.9. The summed E-state index contributed by atoms with van der Waals surface area (Å²) in [6, 6.07) is 4.08. The Morgan fingerprint density at radius 2 is 1.57 bits per heavy atom. The van der Waals surface area contributed by atoms with Crippen LogP contribution in [0.15, 0.2) is 12.1 Å². The molecular weight excluding hydrogens is 320 g/mol. The van der Waals surface area contributed by atoms with E-state index >= 15 is 0 Å². The summed E-state index contributed by atoms with van der Waals surface area (Å²) < 4.78 is 0.796. The zero-order valence-corrected chi connectivity index (χ0v) is 16.8. The van der Waals surface area contributed by atoms with Crippen molar-refractivity contribution in [3.63, 3.8) is 0 Å². The van der Waals surface area contributed by atoms with Gasteiger partial charge in [0.1, 0.15) is 5.75 Å². The molecule has 0 aromatic heterocycles. The monoisotopic (exact) mass is 348 g/mol. The zero-order valence-electron chi connectivity index (χ0n) is 15.1. The van der Waals surface area contributed by atoms with Crippen molar-refractivity contribution < 1.29 is 5.11 Å². The molecule has 1 N–H and O–H groups in total. The minimum atomic E-state index is -0.106. The van der Waals surface area contributed by atoms with Crippen LogP contribution in [0.1, 0.15) is 71.1 Å². The molecule has 1 aromatic carbocycles. The normalized spacial score (nSPS) is 12.0. The molecule has 0 aliphatic carbocycles. The van der Waals surface area contributed by atoms with Crippen LogP contribution in [0.2, 0.25) is 0 Å². The molecule has 0 saturated heterocycles. The van der Waals surface area contributed by atoms with Crippen LogP contribution < -0.4 is 0 Å². The van der Waals surface area contributed by atoms with E-state index < -0.39 is 0 Å². The van der Waals surface area contributed by atoms with Gasteiger partial charge in [-0.3, -0.25) is 0 Å². The van der Waals surface area contributed by atoms with Gasteiger partial charge in [0.2, 0.25) is 0 Å². The first kappa shape index (κ1) is 20.1. The maximum absolute atomic E-state index is 10.9. The lowest BCUT2D eigenvalue weighted by Crippen LogP contribution is -2.21. The van der Waals surface area contributed by atoms with Gasteiger partial charge >= 0.3 is 0 Å². The van der Waals surface area contributed by atoms with Gasteiger partial charge in [-0.15, -0.1) is 18.2 Å². The van der Waals surface area contributed by atoms with E-state index in [4.69, 9.17) is 18.6 Å². The lowest BCUT2D eigenvalue weighted by molar-refractivity contribution is 0.400. The van der Waals surface area contributed by atoms with Gasteiger partial charge in [0.05, 0.1) is 9.95 Å². The Labute approximate surface area is 151 Å². The predicted molar refractivity (Wildman–Crippen MR) is 108 cm³/mol. The second kappa shape index (κ2) is 7.73. The van der Waals surface area contributed by atoms with Crippen LogP contribution >= 0.6 is 24.0 Å². The summed E-state index contributed by atoms with van der Waals surface area (Å²) in [6.45, 7) is 12.9. The molecule has 0 radical (unpaired) electrons. The Morgan fingerprint density at radius 1 is 1.13 bits per heavy atom. The average Bonchev–Trinajstić information content (AvgIpc) is 2.52. The third-order valence-electron chi connectivity index (χ3n) is 4.86. The summed E-state index contributed by atoms with van der Waals surface area (Å²) in [4.78, 5) is 0. The van der Waals surface area contributed by atoms with E-state index in [1.807, 2.05) is 12.1 Å². The fourth-order valence-electron chi connectivity index (χ4n) is 2.36. The van der Waals surface area contributed by atoms with Crippen molar-refractivity contribution >= 4 is 28.2 Å². The van der Waals surface area contributed by atoms with Gasteiger partial charge in [-0.05, 0) is 41.4 Å². The summed E-state index contributed by atoms with van der Waals surface area (Å²) in [5.74, 6) is 3.60. The molecule has 1 nitrogen and oxygen atoms in total. The number of hydrogen-bond donors (Lipinski definition) is 1. The SMILES string of the molecule is C#CCSC(=S)c1cc(C(C)(C)CC)c(O)c(C(C)(C)CC)c1. The molecule has 1 aromatic rings. The third kappa shape index (κ3) is 4.52. The van der Waals surface area contributed by atoms with Crippen molar-refractivity contribution in [2.45, 2.75) is 65.2 Å². The predicted octanol–water partition coefficient (Wildman–Crippen LogP) is 5.81. The topological polar surface area (TPSA) is 20.2 Å². The fourth-order valence-corrected chi connectivity index (χ4v) is 3.15. The Kier molecular flexibility index (Phi) is 6.74. The van der Waals surface area contributed by atoms with Crippen LogP contribution in [-0.2, 0) is 10.8 Å². The van der Waals surface area contributed by atoms with Crippen molar-refractivity contribution in [1.29, 1.82) is 0 Å². The number of benzene rings is 1. The molecule has 0 aliphatic rings. The molecule has 1 rings (SSSR count). The van der Waals surface area contributed by atoms with E-state index in [-0.39, 0.29) is 10.8 Å². The lowest BCUT2D eigenvalue weighted by Gasteiger charge is -2.31. The Morgan fingerprint density at radius 3 is 1.91 bits per heavy atom. The van der Waals surface area contributed by atoms with E-state index in [0.29, 0.717) is 11.5 Å². The highest BCUT2D eigenvalue weighted by Gasteiger charge is 2.30. The smallest absolute Gasteiger partial charge is 0.123 e. The molecule has 0 heterocycles. The minimum Gasteiger partial charge on any atom is -0.507 e. The highest BCUT2D eigenvalue weighted by atomic mass is 32.2. The Hall–Kier alpha value is -0.980. The maximum Gasteiger partial charge on any atom is 0.123 e. The van der Waals surface area contributed by atoms with Gasteiger partial charge < -0.3 is 5.11 Å². The first-order chi connectivity index (χ1) is 10.6. The van der Waals surface area contributed by atoms with Crippen LogP contribution in [-0.4, -0.2) is 15.1 Å². The van der Waals surface area contributed by atoms with Gasteiger partial charge in [0, 0.05) is 11.1 Å². The van der Waals surface area contributed by atoms with E-state index in [0.717, 1.165) is 33.7 Å². The van der Waals surface area contributed by atoms with Crippen LogP contribution in [0.3, 0.4) is 0 Å². The molecule has 0 unspecified atom stereocenters. The number of phenolic OH excluding ortho intramolecular Hbond substituents is 1. The number of aromatic hydroxyl groups is 1. The first-order valence-corrected chi connectivity index (χ1v) is 9.48. The molecule has 0 bridgehead atoms. The van der Waals surface area contributed by atoms with Gasteiger partial charge in [-0.25, -0.2) is 0 Å². The quantitative estimate of drug-likeness (QED) is 0.517. The van der Waals surface area contributed by atoms with E-state index in [1.54, 1.807) is 0 Å². The van der Waals surface area contributed by atoms with Crippen LogP contribution in [0.25, 0.3) is 0 Å². The van der Waals surface area contributed by atoms with Crippen LogP contribution in [0.4, 0.5) is 0 Å². The van der Waals surface area contributed by atoms with Gasteiger partial charge in [0.25, 0.3) is 0 Å². The zero-order chi connectivity index (χ0) is 17.8. The van der Waals surface area contributed by atoms with Gasteiger partial charge in [-0.1, -0.05) is 59.7 Å². The molecule has 0 saturated carbocycles. The number of hydrogen-bond acceptors (Lipinski definition) is 3. The number of phenols is 1. The first-order valence-electron chi connectivity index (χ1n) is 8.09. The average molecular weight is 349 g/mol. The summed E-state index contributed by atoms with van der Waals surface area (Å²) in [6.07, 6.45) is 7.24. The molecule has 23 heavy (non-hydrogen) atoms. The second-order valence-electron chi connectivity index (χ2n) is 7.18. The molecule has 0 aliphatic heterocycles.